The van der Waals surface area contributed by atoms with E-state index >= 15 is 0 Å². The topological polar surface area (TPSA) is 59.8 Å². The standard InChI is InChI=1S/C34H34N4OS/c1-3-30(28-17-11-6-12-18-28)33(39)35-31(23-26-13-7-4-8-14-26)32-36-37-34(40-24-27-15-9-5-10-16-27)38(32)29-21-19-25(2)20-22-29/h4-22,30-31H,3,23-24H2,1-2H3,(H,35,39). The number of hydrogen-bond donors (Lipinski definition) is 1. The third-order valence-corrected chi connectivity index (χ3v) is 8.00. The van der Waals surface area contributed by atoms with Gasteiger partial charge in [-0.3, -0.25) is 9.36 Å². The SMILES string of the molecule is CCC(C(=O)NC(Cc1ccccc1)c1nnc(SCc2ccccc2)n1-c1ccc(C)cc1)c1ccccc1. The number of benzene rings is 4. The zero-order valence-corrected chi connectivity index (χ0v) is 23.7. The van der Waals surface area contributed by atoms with Gasteiger partial charge in [0, 0.05) is 11.4 Å². The maximum atomic E-state index is 13.8. The average Bonchev–Trinajstić information content (AvgIpc) is 3.42. The van der Waals surface area contributed by atoms with Gasteiger partial charge in [0.25, 0.3) is 0 Å². The number of amides is 1. The highest BCUT2D eigenvalue weighted by molar-refractivity contribution is 7.98. The Morgan fingerprint density at radius 2 is 1.40 bits per heavy atom. The summed E-state index contributed by atoms with van der Waals surface area (Å²) >= 11 is 1.65. The molecule has 2 unspecified atom stereocenters. The Balaban J connectivity index is 1.53. The number of carbonyl (C=O) groups excluding carboxylic acids is 1. The Morgan fingerprint density at radius 3 is 2.02 bits per heavy atom. The van der Waals surface area contributed by atoms with Crippen molar-refractivity contribution in [3.05, 3.63) is 143 Å². The maximum Gasteiger partial charge on any atom is 0.228 e. The van der Waals surface area contributed by atoms with Crippen LogP contribution in [0.15, 0.2) is 120 Å². The molecule has 1 amide bonds. The first kappa shape index (κ1) is 27.4. The second-order valence-electron chi connectivity index (χ2n) is 9.91. The van der Waals surface area contributed by atoms with Crippen molar-refractivity contribution in [1.82, 2.24) is 20.1 Å². The fraction of sp³-hybridized carbons (Fsp3) is 0.206. The van der Waals surface area contributed by atoms with Gasteiger partial charge in [0.1, 0.15) is 0 Å². The van der Waals surface area contributed by atoms with Crippen molar-refractivity contribution in [2.75, 3.05) is 0 Å². The summed E-state index contributed by atoms with van der Waals surface area (Å²) in [6, 6.07) is 38.6. The van der Waals surface area contributed by atoms with E-state index in [-0.39, 0.29) is 17.9 Å². The highest BCUT2D eigenvalue weighted by Gasteiger charge is 2.28. The zero-order chi connectivity index (χ0) is 27.7. The van der Waals surface area contributed by atoms with Gasteiger partial charge in [0.05, 0.1) is 12.0 Å². The number of hydrogen-bond acceptors (Lipinski definition) is 4. The minimum absolute atomic E-state index is 0.00780. The highest BCUT2D eigenvalue weighted by atomic mass is 32.2. The maximum absolute atomic E-state index is 13.8. The van der Waals surface area contributed by atoms with Crippen LogP contribution in [0.1, 0.15) is 53.4 Å². The van der Waals surface area contributed by atoms with Crippen LogP contribution in [-0.2, 0) is 17.0 Å². The van der Waals surface area contributed by atoms with E-state index in [1.807, 2.05) is 66.7 Å². The van der Waals surface area contributed by atoms with E-state index in [2.05, 4.69) is 77.4 Å². The van der Waals surface area contributed by atoms with Crippen molar-refractivity contribution in [2.45, 2.75) is 49.6 Å². The second-order valence-corrected chi connectivity index (χ2v) is 10.9. The zero-order valence-electron chi connectivity index (χ0n) is 22.9. The van der Waals surface area contributed by atoms with Gasteiger partial charge in [-0.05, 0) is 48.6 Å². The summed E-state index contributed by atoms with van der Waals surface area (Å²) in [4.78, 5) is 13.8. The predicted octanol–water partition coefficient (Wildman–Crippen LogP) is 7.46. The van der Waals surface area contributed by atoms with E-state index in [4.69, 9.17) is 5.10 Å². The van der Waals surface area contributed by atoms with Gasteiger partial charge in [-0.1, -0.05) is 127 Å². The molecule has 0 radical (unpaired) electrons. The lowest BCUT2D eigenvalue weighted by Crippen LogP contribution is -2.35. The van der Waals surface area contributed by atoms with Crippen molar-refractivity contribution in [1.29, 1.82) is 0 Å². The molecule has 5 nitrogen and oxygen atoms in total. The normalized spacial score (nSPS) is 12.6. The number of carbonyl (C=O) groups is 1. The summed E-state index contributed by atoms with van der Waals surface area (Å²) in [7, 11) is 0. The van der Waals surface area contributed by atoms with Crippen molar-refractivity contribution >= 4 is 17.7 Å². The van der Waals surface area contributed by atoms with Crippen molar-refractivity contribution in [3.63, 3.8) is 0 Å². The lowest BCUT2D eigenvalue weighted by molar-refractivity contribution is -0.123. The van der Waals surface area contributed by atoms with Gasteiger partial charge < -0.3 is 5.32 Å². The molecule has 0 aliphatic carbocycles. The quantitative estimate of drug-likeness (QED) is 0.175. The summed E-state index contributed by atoms with van der Waals surface area (Å²) in [6.07, 6.45) is 1.31. The molecule has 0 saturated heterocycles. The number of rotatable bonds is 11. The monoisotopic (exact) mass is 546 g/mol. The van der Waals surface area contributed by atoms with Gasteiger partial charge in [-0.2, -0.15) is 0 Å². The minimum Gasteiger partial charge on any atom is -0.345 e. The first-order valence-corrected chi connectivity index (χ1v) is 14.7. The fourth-order valence-corrected chi connectivity index (χ4v) is 5.76. The number of thioether (sulfide) groups is 1. The molecule has 1 N–H and O–H groups in total. The molecule has 0 aliphatic rings. The third kappa shape index (κ3) is 6.69. The van der Waals surface area contributed by atoms with Crippen LogP contribution in [0, 0.1) is 6.92 Å². The smallest absolute Gasteiger partial charge is 0.228 e. The Hall–Kier alpha value is -4.16. The summed E-state index contributed by atoms with van der Waals surface area (Å²) in [5.41, 5.74) is 5.51. The van der Waals surface area contributed by atoms with Crippen molar-refractivity contribution in [3.8, 4) is 5.69 Å². The molecule has 202 valence electrons. The van der Waals surface area contributed by atoms with E-state index in [1.54, 1.807) is 11.8 Å². The molecule has 4 aromatic carbocycles. The molecule has 1 heterocycles. The predicted molar refractivity (Wildman–Crippen MR) is 163 cm³/mol. The molecule has 5 rings (SSSR count). The largest absolute Gasteiger partial charge is 0.345 e. The van der Waals surface area contributed by atoms with E-state index in [0.717, 1.165) is 33.5 Å². The van der Waals surface area contributed by atoms with Gasteiger partial charge in [0.15, 0.2) is 11.0 Å². The van der Waals surface area contributed by atoms with E-state index in [0.29, 0.717) is 12.8 Å². The molecule has 1 aromatic heterocycles. The summed E-state index contributed by atoms with van der Waals surface area (Å²) in [6.45, 7) is 4.13. The van der Waals surface area contributed by atoms with Crippen LogP contribution in [0.25, 0.3) is 5.69 Å². The second kappa shape index (κ2) is 13.3. The van der Waals surface area contributed by atoms with E-state index in [1.165, 1.54) is 11.1 Å². The lowest BCUT2D eigenvalue weighted by Gasteiger charge is -2.23. The molecule has 0 aliphatic heterocycles. The van der Waals surface area contributed by atoms with Crippen molar-refractivity contribution in [2.24, 2.45) is 0 Å². The van der Waals surface area contributed by atoms with Gasteiger partial charge in [-0.15, -0.1) is 10.2 Å². The molecule has 0 fully saturated rings. The van der Waals surface area contributed by atoms with Crippen LogP contribution < -0.4 is 5.32 Å². The Labute approximate surface area is 240 Å². The molecule has 2 atom stereocenters. The molecular weight excluding hydrogens is 512 g/mol. The Bertz CT molecular complexity index is 1500. The summed E-state index contributed by atoms with van der Waals surface area (Å²) < 4.78 is 2.10. The summed E-state index contributed by atoms with van der Waals surface area (Å²) in [5, 5.41) is 13.5. The molecule has 0 saturated carbocycles. The Morgan fingerprint density at radius 1 is 0.800 bits per heavy atom. The van der Waals surface area contributed by atoms with Crippen LogP contribution in [0.2, 0.25) is 0 Å². The number of aryl methyl sites for hydroxylation is 1. The van der Waals surface area contributed by atoms with Crippen LogP contribution in [0.5, 0.6) is 0 Å². The number of aromatic nitrogens is 3. The summed E-state index contributed by atoms with van der Waals surface area (Å²) in [5.74, 6) is 1.24. The van der Waals surface area contributed by atoms with Gasteiger partial charge in [-0.25, -0.2) is 0 Å². The van der Waals surface area contributed by atoms with Crippen LogP contribution in [-0.4, -0.2) is 20.7 Å². The molecule has 40 heavy (non-hydrogen) atoms. The van der Waals surface area contributed by atoms with Crippen LogP contribution in [0.3, 0.4) is 0 Å². The van der Waals surface area contributed by atoms with E-state index in [9.17, 15) is 4.79 Å². The molecule has 0 spiro atoms. The van der Waals surface area contributed by atoms with Crippen LogP contribution in [0.4, 0.5) is 0 Å². The third-order valence-electron chi connectivity index (χ3n) is 7.00. The van der Waals surface area contributed by atoms with Crippen molar-refractivity contribution < 1.29 is 4.79 Å². The van der Waals surface area contributed by atoms with Gasteiger partial charge >= 0.3 is 0 Å². The number of nitrogens with zero attached hydrogens (tertiary/aromatic N) is 3. The fourth-order valence-electron chi connectivity index (χ4n) is 4.85. The first-order chi connectivity index (χ1) is 19.6. The lowest BCUT2D eigenvalue weighted by atomic mass is 9.94. The average molecular weight is 547 g/mol. The molecule has 5 aromatic rings. The minimum atomic E-state index is -0.368. The Kier molecular flexibility index (Phi) is 9.09. The molecular formula is C34H34N4OS. The number of nitrogens with one attached hydrogen (secondary N) is 1. The molecule has 6 heteroatoms. The van der Waals surface area contributed by atoms with Gasteiger partial charge in [0.2, 0.25) is 5.91 Å². The molecule has 0 bridgehead atoms. The highest BCUT2D eigenvalue weighted by Crippen LogP contribution is 2.30. The van der Waals surface area contributed by atoms with E-state index < -0.39 is 0 Å². The van der Waals surface area contributed by atoms with Crippen LogP contribution >= 0.6 is 11.8 Å². The first-order valence-electron chi connectivity index (χ1n) is 13.7.